The van der Waals surface area contributed by atoms with Gasteiger partial charge >= 0.3 is 0 Å². The molecule has 126 valence electrons. The smallest absolute Gasteiger partial charge is 0.278 e. The molecule has 0 radical (unpaired) electrons. The molecule has 0 unspecified atom stereocenters. The first-order valence-electron chi connectivity index (χ1n) is 8.20. The number of hydrogen-bond donors (Lipinski definition) is 0. The van der Waals surface area contributed by atoms with E-state index in [1.807, 2.05) is 85.6 Å². The summed E-state index contributed by atoms with van der Waals surface area (Å²) in [5.74, 6) is 0.528. The van der Waals surface area contributed by atoms with E-state index < -0.39 is 0 Å². The molecule has 3 rings (SSSR count). The van der Waals surface area contributed by atoms with E-state index >= 15 is 0 Å². The first-order valence-corrected chi connectivity index (χ1v) is 8.20. The van der Waals surface area contributed by atoms with Crippen molar-refractivity contribution in [1.82, 2.24) is 10.2 Å². The predicted octanol–water partition coefficient (Wildman–Crippen LogP) is 3.91. The molecule has 0 saturated heterocycles. The molecule has 1 aromatic heterocycles. The Morgan fingerprint density at radius 1 is 0.840 bits per heavy atom. The van der Waals surface area contributed by atoms with E-state index in [0.29, 0.717) is 18.1 Å². The fraction of sp³-hybridized carbons (Fsp3) is 0.150. The second kappa shape index (κ2) is 7.57. The van der Waals surface area contributed by atoms with E-state index in [0.717, 1.165) is 11.4 Å². The fourth-order valence-electron chi connectivity index (χ4n) is 2.59. The molecule has 1 amide bonds. The molecule has 0 aliphatic carbocycles. The van der Waals surface area contributed by atoms with Gasteiger partial charge in [-0.15, -0.1) is 10.2 Å². The molecule has 0 aliphatic rings. The quantitative estimate of drug-likeness (QED) is 0.711. The maximum absolute atomic E-state index is 12.7. The Labute approximate surface area is 147 Å². The van der Waals surface area contributed by atoms with Crippen molar-refractivity contribution in [3.63, 3.8) is 0 Å². The normalized spacial score (nSPS) is 10.3. The molecule has 0 atom stereocenters. The van der Waals surface area contributed by atoms with Gasteiger partial charge < -0.3 is 9.80 Å². The summed E-state index contributed by atoms with van der Waals surface area (Å²) in [6.45, 7) is 2.51. The minimum atomic E-state index is -0.157. The maximum Gasteiger partial charge on any atom is 0.278 e. The number of benzene rings is 2. The Morgan fingerprint density at radius 3 is 1.96 bits per heavy atom. The van der Waals surface area contributed by atoms with E-state index in [2.05, 4.69) is 10.2 Å². The minimum absolute atomic E-state index is 0.157. The van der Waals surface area contributed by atoms with Gasteiger partial charge in [0, 0.05) is 25.0 Å². The Hall–Kier alpha value is -3.21. The highest BCUT2D eigenvalue weighted by atomic mass is 16.2. The van der Waals surface area contributed by atoms with Crippen molar-refractivity contribution in [3.05, 3.63) is 78.5 Å². The van der Waals surface area contributed by atoms with Gasteiger partial charge in [0.05, 0.1) is 0 Å². The highest BCUT2D eigenvalue weighted by Crippen LogP contribution is 2.21. The van der Waals surface area contributed by atoms with Crippen molar-refractivity contribution >= 4 is 23.1 Å². The third kappa shape index (κ3) is 3.66. The number of hydrogen-bond acceptors (Lipinski definition) is 4. The summed E-state index contributed by atoms with van der Waals surface area (Å²) in [4.78, 5) is 16.3. The van der Waals surface area contributed by atoms with Crippen LogP contribution in [-0.2, 0) is 0 Å². The van der Waals surface area contributed by atoms with E-state index in [1.165, 1.54) is 0 Å². The Morgan fingerprint density at radius 2 is 1.44 bits per heavy atom. The molecular weight excluding hydrogens is 312 g/mol. The monoisotopic (exact) mass is 332 g/mol. The summed E-state index contributed by atoms with van der Waals surface area (Å²) in [5, 5.41) is 8.35. The number of rotatable bonds is 5. The van der Waals surface area contributed by atoms with Gasteiger partial charge in [-0.2, -0.15) is 0 Å². The predicted molar refractivity (Wildman–Crippen MR) is 100 cm³/mol. The molecule has 5 heteroatoms. The Bertz CT molecular complexity index is 819. The largest absolute Gasteiger partial charge is 0.328 e. The highest BCUT2D eigenvalue weighted by Gasteiger charge is 2.18. The van der Waals surface area contributed by atoms with E-state index in [-0.39, 0.29) is 5.91 Å². The van der Waals surface area contributed by atoms with Gasteiger partial charge in [-0.25, -0.2) is 0 Å². The summed E-state index contributed by atoms with van der Waals surface area (Å²) in [6.07, 6.45) is 0. The molecule has 2 aromatic carbocycles. The van der Waals surface area contributed by atoms with Crippen LogP contribution in [0.15, 0.2) is 72.8 Å². The van der Waals surface area contributed by atoms with Crippen molar-refractivity contribution in [2.24, 2.45) is 0 Å². The van der Waals surface area contributed by atoms with Crippen LogP contribution in [0.4, 0.5) is 17.2 Å². The molecule has 1 heterocycles. The summed E-state index contributed by atoms with van der Waals surface area (Å²) in [5.41, 5.74) is 2.19. The van der Waals surface area contributed by atoms with E-state index in [4.69, 9.17) is 0 Å². The molecule has 0 spiro atoms. The summed E-state index contributed by atoms with van der Waals surface area (Å²) >= 11 is 0. The highest BCUT2D eigenvalue weighted by molar-refractivity contribution is 6.04. The zero-order chi connectivity index (χ0) is 17.6. The standard InChI is InChI=1S/C20H20N4O/c1-3-24(17-12-8-5-9-13-17)20(25)18-14-15-19(22-21-18)23(2)16-10-6-4-7-11-16/h4-15H,3H2,1-2H3. The topological polar surface area (TPSA) is 49.3 Å². The van der Waals surface area contributed by atoms with Crippen LogP contribution >= 0.6 is 0 Å². The second-order valence-corrected chi connectivity index (χ2v) is 5.56. The lowest BCUT2D eigenvalue weighted by atomic mass is 10.2. The summed E-state index contributed by atoms with van der Waals surface area (Å²) in [7, 11) is 1.92. The zero-order valence-corrected chi connectivity index (χ0v) is 14.3. The van der Waals surface area contributed by atoms with Crippen LogP contribution in [0, 0.1) is 0 Å². The summed E-state index contributed by atoms with van der Waals surface area (Å²) < 4.78 is 0. The molecule has 0 saturated carbocycles. The van der Waals surface area contributed by atoms with Crippen molar-refractivity contribution in [3.8, 4) is 0 Å². The number of aromatic nitrogens is 2. The van der Waals surface area contributed by atoms with Gasteiger partial charge in [-0.05, 0) is 43.3 Å². The molecule has 25 heavy (non-hydrogen) atoms. The Balaban J connectivity index is 1.81. The van der Waals surface area contributed by atoms with E-state index in [9.17, 15) is 4.79 Å². The molecule has 5 nitrogen and oxygen atoms in total. The molecule has 0 fully saturated rings. The van der Waals surface area contributed by atoms with Crippen molar-refractivity contribution in [1.29, 1.82) is 0 Å². The van der Waals surface area contributed by atoms with Crippen molar-refractivity contribution in [2.45, 2.75) is 6.92 Å². The van der Waals surface area contributed by atoms with Gasteiger partial charge in [0.15, 0.2) is 11.5 Å². The fourth-order valence-corrected chi connectivity index (χ4v) is 2.59. The van der Waals surface area contributed by atoms with Crippen LogP contribution in [0.25, 0.3) is 0 Å². The van der Waals surface area contributed by atoms with Gasteiger partial charge in [0.25, 0.3) is 5.91 Å². The first-order chi connectivity index (χ1) is 12.2. The van der Waals surface area contributed by atoms with Crippen LogP contribution in [0.1, 0.15) is 17.4 Å². The number of amides is 1. The Kier molecular flexibility index (Phi) is 5.04. The average molecular weight is 332 g/mol. The number of carbonyl (C=O) groups excluding carboxylic acids is 1. The van der Waals surface area contributed by atoms with Crippen molar-refractivity contribution < 1.29 is 4.79 Å². The lowest BCUT2D eigenvalue weighted by molar-refractivity contribution is 0.0982. The third-order valence-corrected chi connectivity index (χ3v) is 3.99. The molecule has 0 aliphatic heterocycles. The number of para-hydroxylation sites is 2. The lowest BCUT2D eigenvalue weighted by Gasteiger charge is -2.21. The summed E-state index contributed by atoms with van der Waals surface area (Å²) in [6, 6.07) is 23.0. The molecular formula is C20H20N4O. The van der Waals surface area contributed by atoms with Gasteiger partial charge in [-0.3, -0.25) is 4.79 Å². The number of anilines is 3. The molecule has 0 bridgehead atoms. The lowest BCUT2D eigenvalue weighted by Crippen LogP contribution is -2.31. The van der Waals surface area contributed by atoms with Crippen LogP contribution in [0.3, 0.4) is 0 Å². The molecule has 3 aromatic rings. The van der Waals surface area contributed by atoms with E-state index in [1.54, 1.807) is 11.0 Å². The number of carbonyl (C=O) groups is 1. The van der Waals surface area contributed by atoms with Crippen LogP contribution in [-0.4, -0.2) is 29.7 Å². The van der Waals surface area contributed by atoms with Crippen LogP contribution in [0.2, 0.25) is 0 Å². The minimum Gasteiger partial charge on any atom is -0.328 e. The van der Waals surface area contributed by atoms with Crippen LogP contribution in [0.5, 0.6) is 0 Å². The second-order valence-electron chi connectivity index (χ2n) is 5.56. The number of nitrogens with zero attached hydrogens (tertiary/aromatic N) is 4. The maximum atomic E-state index is 12.7. The first kappa shape index (κ1) is 16.6. The van der Waals surface area contributed by atoms with Gasteiger partial charge in [0.2, 0.25) is 0 Å². The van der Waals surface area contributed by atoms with Gasteiger partial charge in [0.1, 0.15) is 0 Å². The van der Waals surface area contributed by atoms with Crippen molar-refractivity contribution in [2.75, 3.05) is 23.4 Å². The SMILES string of the molecule is CCN(C(=O)c1ccc(N(C)c2ccccc2)nn1)c1ccccc1. The van der Waals surface area contributed by atoms with Crippen LogP contribution < -0.4 is 9.80 Å². The zero-order valence-electron chi connectivity index (χ0n) is 14.3. The van der Waals surface area contributed by atoms with Gasteiger partial charge in [-0.1, -0.05) is 36.4 Å². The third-order valence-electron chi connectivity index (χ3n) is 3.99. The molecule has 0 N–H and O–H groups in total. The average Bonchev–Trinajstić information content (AvgIpc) is 2.69.